The van der Waals surface area contributed by atoms with Crippen molar-refractivity contribution in [2.45, 2.75) is 45.9 Å². The molecule has 4 aromatic rings. The summed E-state index contributed by atoms with van der Waals surface area (Å²) in [4.78, 5) is 20.4. The van der Waals surface area contributed by atoms with Gasteiger partial charge < -0.3 is 14.6 Å². The Morgan fingerprint density at radius 2 is 1.79 bits per heavy atom. The number of anilines is 1. The Morgan fingerprint density at radius 1 is 1.05 bits per heavy atom. The van der Waals surface area contributed by atoms with E-state index in [1.807, 2.05) is 0 Å². The van der Waals surface area contributed by atoms with Crippen molar-refractivity contribution >= 4 is 23.4 Å². The smallest absolute Gasteiger partial charge is 0.417 e. The van der Waals surface area contributed by atoms with Gasteiger partial charge in [-0.15, -0.1) is 0 Å². The van der Waals surface area contributed by atoms with E-state index in [1.165, 1.54) is 18.3 Å². The SMILES string of the molecule is Cc1ccccc1-c1ccc(-c2nc(-c3cnc(NCCC(=O)OC(C)(C)C)c(Cl)c3)no2)cc1C(F)(F)F. The summed E-state index contributed by atoms with van der Waals surface area (Å²) in [5.74, 6) is 0.00996. The van der Waals surface area contributed by atoms with Crippen LogP contribution in [0.3, 0.4) is 0 Å². The molecule has 0 bridgehead atoms. The largest absolute Gasteiger partial charge is 0.460 e. The highest BCUT2D eigenvalue weighted by Crippen LogP contribution is 2.40. The molecule has 0 saturated heterocycles. The summed E-state index contributed by atoms with van der Waals surface area (Å²) in [6, 6.07) is 12.3. The molecular formula is C28H26ClF3N4O3. The molecule has 0 atom stereocenters. The fourth-order valence-electron chi connectivity index (χ4n) is 3.85. The average molecular weight is 559 g/mol. The minimum absolute atomic E-state index is 0.0647. The second kappa shape index (κ2) is 11.1. The minimum Gasteiger partial charge on any atom is -0.460 e. The van der Waals surface area contributed by atoms with Gasteiger partial charge in [-0.3, -0.25) is 4.79 Å². The number of benzene rings is 2. The summed E-state index contributed by atoms with van der Waals surface area (Å²) in [5.41, 5.74) is 0.426. The average Bonchev–Trinajstić information content (AvgIpc) is 3.34. The van der Waals surface area contributed by atoms with Crippen LogP contribution in [0.2, 0.25) is 5.02 Å². The highest BCUT2D eigenvalue weighted by atomic mass is 35.5. The van der Waals surface area contributed by atoms with Crippen molar-refractivity contribution in [1.29, 1.82) is 0 Å². The summed E-state index contributed by atoms with van der Waals surface area (Å²) in [7, 11) is 0. The van der Waals surface area contributed by atoms with Gasteiger partial charge in [0.25, 0.3) is 5.89 Å². The van der Waals surface area contributed by atoms with Crippen molar-refractivity contribution in [3.8, 4) is 34.0 Å². The first-order chi connectivity index (χ1) is 18.3. The van der Waals surface area contributed by atoms with E-state index >= 15 is 0 Å². The number of pyridine rings is 1. The molecule has 0 aliphatic carbocycles. The fourth-order valence-corrected chi connectivity index (χ4v) is 4.08. The van der Waals surface area contributed by atoms with Gasteiger partial charge in [0.1, 0.15) is 11.4 Å². The number of halogens is 4. The molecule has 0 aliphatic heterocycles. The first-order valence-corrected chi connectivity index (χ1v) is 12.4. The van der Waals surface area contributed by atoms with Crippen LogP contribution in [0.5, 0.6) is 0 Å². The van der Waals surface area contributed by atoms with Crippen LogP contribution in [0.4, 0.5) is 19.0 Å². The molecule has 0 unspecified atom stereocenters. The van der Waals surface area contributed by atoms with Gasteiger partial charge in [-0.05, 0) is 62.6 Å². The van der Waals surface area contributed by atoms with Gasteiger partial charge in [-0.25, -0.2) is 4.98 Å². The number of nitrogens with one attached hydrogen (secondary N) is 1. The number of aromatic nitrogens is 3. The van der Waals surface area contributed by atoms with Crippen LogP contribution in [0.15, 0.2) is 59.3 Å². The third-order valence-corrected chi connectivity index (χ3v) is 5.86. The van der Waals surface area contributed by atoms with E-state index in [4.69, 9.17) is 20.9 Å². The standard InChI is InChI=1S/C28H26ClF3N4O3/c1-16-7-5-6-8-19(16)20-10-9-17(13-21(20)28(30,31)32)26-35-24(36-39-26)18-14-22(29)25(34-15-18)33-12-11-23(37)38-27(2,3)4/h5-10,13-15H,11-12H2,1-4H3,(H,33,34). The number of aryl methyl sites for hydroxylation is 1. The van der Waals surface area contributed by atoms with E-state index < -0.39 is 17.3 Å². The van der Waals surface area contributed by atoms with Gasteiger partial charge in [0.05, 0.1) is 17.0 Å². The van der Waals surface area contributed by atoms with Crippen molar-refractivity contribution < 1.29 is 27.2 Å². The van der Waals surface area contributed by atoms with Gasteiger partial charge in [-0.2, -0.15) is 18.2 Å². The Balaban J connectivity index is 1.53. The first-order valence-electron chi connectivity index (χ1n) is 12.0. The number of alkyl halides is 3. The molecule has 0 radical (unpaired) electrons. The van der Waals surface area contributed by atoms with Crippen LogP contribution in [-0.4, -0.2) is 33.2 Å². The summed E-state index contributed by atoms with van der Waals surface area (Å²) >= 11 is 6.33. The van der Waals surface area contributed by atoms with Crippen LogP contribution >= 0.6 is 11.6 Å². The van der Waals surface area contributed by atoms with Crippen molar-refractivity contribution in [3.63, 3.8) is 0 Å². The van der Waals surface area contributed by atoms with Gasteiger partial charge in [0.2, 0.25) is 5.82 Å². The molecule has 1 N–H and O–H groups in total. The number of nitrogens with zero attached hydrogens (tertiary/aromatic N) is 3. The van der Waals surface area contributed by atoms with Gasteiger partial charge in [0, 0.05) is 23.9 Å². The van der Waals surface area contributed by atoms with Gasteiger partial charge >= 0.3 is 12.1 Å². The molecule has 0 amide bonds. The summed E-state index contributed by atoms with van der Waals surface area (Å²) in [5, 5.41) is 7.10. The molecule has 2 heterocycles. The van der Waals surface area contributed by atoms with Gasteiger partial charge in [-0.1, -0.05) is 47.1 Å². The third-order valence-electron chi connectivity index (χ3n) is 5.57. The predicted octanol–water partition coefficient (Wildman–Crippen LogP) is 7.59. The lowest BCUT2D eigenvalue weighted by Gasteiger charge is -2.19. The van der Waals surface area contributed by atoms with E-state index in [2.05, 4.69) is 20.4 Å². The molecule has 0 spiro atoms. The van der Waals surface area contributed by atoms with Crippen LogP contribution in [0, 0.1) is 6.92 Å². The van der Waals surface area contributed by atoms with Gasteiger partial charge in [0.15, 0.2) is 0 Å². The molecular weight excluding hydrogens is 533 g/mol. The summed E-state index contributed by atoms with van der Waals surface area (Å²) in [6.45, 7) is 7.38. The molecule has 0 saturated carbocycles. The number of ether oxygens (including phenoxy) is 1. The Bertz CT molecular complexity index is 1500. The molecule has 0 aliphatic rings. The lowest BCUT2D eigenvalue weighted by Crippen LogP contribution is -2.25. The Labute approximate surface area is 228 Å². The molecule has 4 rings (SSSR count). The lowest BCUT2D eigenvalue weighted by atomic mass is 9.94. The maximum absolute atomic E-state index is 14.0. The highest BCUT2D eigenvalue weighted by molar-refractivity contribution is 6.33. The second-order valence-corrected chi connectivity index (χ2v) is 10.2. The molecule has 39 heavy (non-hydrogen) atoms. The van der Waals surface area contributed by atoms with Crippen molar-refractivity contribution in [2.75, 3.05) is 11.9 Å². The second-order valence-electron chi connectivity index (χ2n) is 9.81. The lowest BCUT2D eigenvalue weighted by molar-refractivity contribution is -0.154. The number of rotatable bonds is 7. The van der Waals surface area contributed by atoms with Crippen molar-refractivity contribution in [2.24, 2.45) is 0 Å². The van der Waals surface area contributed by atoms with E-state index in [0.717, 1.165) is 11.6 Å². The number of hydrogen-bond donors (Lipinski definition) is 1. The molecule has 2 aromatic heterocycles. The van der Waals surface area contributed by atoms with Crippen molar-refractivity contribution in [1.82, 2.24) is 15.1 Å². The van der Waals surface area contributed by atoms with Crippen LogP contribution in [0.25, 0.3) is 34.0 Å². The maximum Gasteiger partial charge on any atom is 0.417 e. The normalized spacial score (nSPS) is 11.9. The molecule has 7 nitrogen and oxygen atoms in total. The highest BCUT2D eigenvalue weighted by Gasteiger charge is 2.35. The fraction of sp³-hybridized carbons (Fsp3) is 0.286. The molecule has 2 aromatic carbocycles. The zero-order valence-corrected chi connectivity index (χ0v) is 22.4. The van der Waals surface area contributed by atoms with E-state index in [0.29, 0.717) is 16.9 Å². The first kappa shape index (κ1) is 28.1. The number of carbonyl (C=O) groups is 1. The number of hydrogen-bond acceptors (Lipinski definition) is 7. The van der Waals surface area contributed by atoms with E-state index in [9.17, 15) is 18.0 Å². The molecule has 204 valence electrons. The van der Waals surface area contributed by atoms with Crippen LogP contribution in [0.1, 0.15) is 38.3 Å². The summed E-state index contributed by atoms with van der Waals surface area (Å²) in [6.07, 6.45) is -3.03. The predicted molar refractivity (Wildman–Crippen MR) is 142 cm³/mol. The Hall–Kier alpha value is -3.92. The Kier molecular flexibility index (Phi) is 7.96. The quantitative estimate of drug-likeness (QED) is 0.234. The molecule has 0 fully saturated rings. The van der Waals surface area contributed by atoms with E-state index in [1.54, 1.807) is 58.0 Å². The maximum atomic E-state index is 14.0. The number of carbonyl (C=O) groups excluding carboxylic acids is 1. The third kappa shape index (κ3) is 6.94. The number of esters is 1. The Morgan fingerprint density at radius 3 is 2.46 bits per heavy atom. The van der Waals surface area contributed by atoms with E-state index in [-0.39, 0.29) is 46.8 Å². The zero-order valence-electron chi connectivity index (χ0n) is 21.7. The zero-order chi connectivity index (χ0) is 28.4. The summed E-state index contributed by atoms with van der Waals surface area (Å²) < 4.78 is 52.5. The van der Waals surface area contributed by atoms with Crippen LogP contribution in [-0.2, 0) is 15.7 Å². The minimum atomic E-state index is -4.60. The molecule has 11 heteroatoms. The van der Waals surface area contributed by atoms with Crippen molar-refractivity contribution in [3.05, 3.63) is 70.9 Å². The van der Waals surface area contributed by atoms with Crippen LogP contribution < -0.4 is 5.32 Å². The monoisotopic (exact) mass is 558 g/mol. The topological polar surface area (TPSA) is 90.1 Å².